The highest BCUT2D eigenvalue weighted by Gasteiger charge is 2.24. The van der Waals surface area contributed by atoms with Crippen LogP contribution in [0.4, 0.5) is 10.5 Å². The van der Waals surface area contributed by atoms with Crippen LogP contribution >= 0.6 is 0 Å². The lowest BCUT2D eigenvalue weighted by Crippen LogP contribution is -2.33. The third kappa shape index (κ3) is 2.80. The summed E-state index contributed by atoms with van der Waals surface area (Å²) in [7, 11) is 0. The molecule has 1 atom stereocenters. The van der Waals surface area contributed by atoms with Crippen molar-refractivity contribution >= 4 is 22.8 Å². The minimum atomic E-state index is -0.413. The van der Waals surface area contributed by atoms with E-state index in [1.807, 2.05) is 32.0 Å². The number of benzene rings is 1. The van der Waals surface area contributed by atoms with Crippen LogP contribution < -0.4 is 5.32 Å². The third-order valence-corrected chi connectivity index (χ3v) is 3.78. The van der Waals surface area contributed by atoms with Gasteiger partial charge in [-0.15, -0.1) is 0 Å². The van der Waals surface area contributed by atoms with E-state index in [1.165, 1.54) is 0 Å². The Morgan fingerprint density at radius 1 is 1.29 bits per heavy atom. The number of hydrogen-bond donors (Lipinski definition) is 2. The topological polar surface area (TPSA) is 78.4 Å². The Balaban J connectivity index is 1.81. The van der Waals surface area contributed by atoms with Gasteiger partial charge >= 0.3 is 6.03 Å². The molecule has 0 saturated carbocycles. The van der Waals surface area contributed by atoms with Gasteiger partial charge in [-0.1, -0.05) is 0 Å². The van der Waals surface area contributed by atoms with E-state index >= 15 is 0 Å². The Morgan fingerprint density at radius 3 is 2.67 bits per heavy atom. The van der Waals surface area contributed by atoms with Gasteiger partial charge in [0.1, 0.15) is 0 Å². The van der Waals surface area contributed by atoms with Crippen LogP contribution in [0.3, 0.4) is 0 Å². The SMILES string of the molecule is Cc1nc2ccc(NC(=O)N3CCC(O)C3)cc2nc1C. The quantitative estimate of drug-likeness (QED) is 0.838. The van der Waals surface area contributed by atoms with Crippen LogP contribution in [0.2, 0.25) is 0 Å². The minimum Gasteiger partial charge on any atom is -0.391 e. The summed E-state index contributed by atoms with van der Waals surface area (Å²) in [4.78, 5) is 22.6. The standard InChI is InChI=1S/C15H18N4O2/c1-9-10(2)17-14-7-11(3-4-13(14)16-9)18-15(21)19-6-5-12(20)8-19/h3-4,7,12,20H,5-6,8H2,1-2H3,(H,18,21). The maximum Gasteiger partial charge on any atom is 0.321 e. The molecule has 2 heterocycles. The van der Waals surface area contributed by atoms with Crippen LogP contribution in [0.1, 0.15) is 17.8 Å². The highest BCUT2D eigenvalue weighted by Crippen LogP contribution is 2.19. The van der Waals surface area contributed by atoms with Crippen molar-refractivity contribution in [3.63, 3.8) is 0 Å². The third-order valence-electron chi connectivity index (χ3n) is 3.78. The molecule has 1 aromatic heterocycles. The van der Waals surface area contributed by atoms with Gasteiger partial charge in [0.2, 0.25) is 0 Å². The molecule has 2 aromatic rings. The van der Waals surface area contributed by atoms with Crippen LogP contribution in [0.15, 0.2) is 18.2 Å². The number of aromatic nitrogens is 2. The van der Waals surface area contributed by atoms with Crippen LogP contribution in [0.5, 0.6) is 0 Å². The second-order valence-electron chi connectivity index (χ2n) is 5.42. The largest absolute Gasteiger partial charge is 0.391 e. The van der Waals surface area contributed by atoms with Gasteiger partial charge in [-0.3, -0.25) is 0 Å². The maximum absolute atomic E-state index is 12.1. The Kier molecular flexibility index (Phi) is 3.47. The molecular weight excluding hydrogens is 268 g/mol. The molecule has 1 saturated heterocycles. The molecular formula is C15H18N4O2. The van der Waals surface area contributed by atoms with Gasteiger partial charge in [-0.05, 0) is 38.5 Å². The lowest BCUT2D eigenvalue weighted by molar-refractivity contribution is 0.176. The van der Waals surface area contributed by atoms with Crippen molar-refractivity contribution in [1.82, 2.24) is 14.9 Å². The van der Waals surface area contributed by atoms with Crippen molar-refractivity contribution in [2.45, 2.75) is 26.4 Å². The van der Waals surface area contributed by atoms with Crippen LogP contribution in [-0.4, -0.2) is 45.2 Å². The lowest BCUT2D eigenvalue weighted by Gasteiger charge is -2.16. The molecule has 0 aliphatic carbocycles. The predicted octanol–water partition coefficient (Wildman–Crippen LogP) is 1.85. The zero-order chi connectivity index (χ0) is 15.0. The number of fused-ring (bicyclic) bond motifs is 1. The van der Waals surface area contributed by atoms with E-state index in [4.69, 9.17) is 0 Å². The highest BCUT2D eigenvalue weighted by molar-refractivity contribution is 5.92. The normalized spacial score (nSPS) is 18.2. The monoisotopic (exact) mass is 286 g/mol. The van der Waals surface area contributed by atoms with Gasteiger partial charge in [0.15, 0.2) is 0 Å². The molecule has 2 amide bonds. The predicted molar refractivity (Wildman–Crippen MR) is 80.2 cm³/mol. The highest BCUT2D eigenvalue weighted by atomic mass is 16.3. The summed E-state index contributed by atoms with van der Waals surface area (Å²) in [5.41, 5.74) is 4.05. The van der Waals surface area contributed by atoms with Crippen LogP contribution in [0, 0.1) is 13.8 Å². The maximum atomic E-state index is 12.1. The molecule has 0 radical (unpaired) electrons. The summed E-state index contributed by atoms with van der Waals surface area (Å²) in [5.74, 6) is 0. The Hall–Kier alpha value is -2.21. The van der Waals surface area contributed by atoms with Crippen molar-refractivity contribution in [2.75, 3.05) is 18.4 Å². The molecule has 21 heavy (non-hydrogen) atoms. The molecule has 1 aliphatic heterocycles. The van der Waals surface area contributed by atoms with E-state index < -0.39 is 6.10 Å². The molecule has 1 aliphatic rings. The summed E-state index contributed by atoms with van der Waals surface area (Å²) in [5, 5.41) is 12.3. The van der Waals surface area contributed by atoms with E-state index in [0.717, 1.165) is 22.4 Å². The molecule has 0 spiro atoms. The second-order valence-corrected chi connectivity index (χ2v) is 5.42. The molecule has 1 unspecified atom stereocenters. The van der Waals surface area contributed by atoms with E-state index in [-0.39, 0.29) is 6.03 Å². The fraction of sp³-hybridized carbons (Fsp3) is 0.400. The number of aliphatic hydroxyl groups excluding tert-OH is 1. The van der Waals surface area contributed by atoms with Crippen molar-refractivity contribution in [3.8, 4) is 0 Å². The number of urea groups is 1. The second kappa shape index (κ2) is 5.29. The van der Waals surface area contributed by atoms with Gasteiger partial charge in [-0.25, -0.2) is 14.8 Å². The Labute approximate surface area is 122 Å². The van der Waals surface area contributed by atoms with Gasteiger partial charge in [0.05, 0.1) is 28.5 Å². The van der Waals surface area contributed by atoms with Crippen molar-refractivity contribution < 1.29 is 9.90 Å². The van der Waals surface area contributed by atoms with Crippen molar-refractivity contribution in [1.29, 1.82) is 0 Å². The molecule has 3 rings (SSSR count). The number of aliphatic hydroxyl groups is 1. The number of carbonyl (C=O) groups excluding carboxylic acids is 1. The first kappa shape index (κ1) is 13.8. The average molecular weight is 286 g/mol. The number of nitrogens with zero attached hydrogens (tertiary/aromatic N) is 3. The number of β-amino-alcohol motifs (C(OH)–C–C–N with tert-alkyl or cyclic N) is 1. The number of anilines is 1. The van der Waals surface area contributed by atoms with E-state index in [2.05, 4.69) is 15.3 Å². The summed E-state index contributed by atoms with van der Waals surface area (Å²) < 4.78 is 0. The molecule has 2 N–H and O–H groups in total. The molecule has 6 heteroatoms. The molecule has 110 valence electrons. The smallest absolute Gasteiger partial charge is 0.321 e. The van der Waals surface area contributed by atoms with Gasteiger partial charge in [0, 0.05) is 18.8 Å². The number of rotatable bonds is 1. The number of carbonyl (C=O) groups is 1. The number of nitrogens with one attached hydrogen (secondary N) is 1. The van der Waals surface area contributed by atoms with Crippen molar-refractivity contribution in [2.24, 2.45) is 0 Å². The zero-order valence-electron chi connectivity index (χ0n) is 12.1. The Bertz CT molecular complexity index is 701. The lowest BCUT2D eigenvalue weighted by atomic mass is 10.2. The molecule has 6 nitrogen and oxygen atoms in total. The summed E-state index contributed by atoms with van der Waals surface area (Å²) in [6.07, 6.45) is 0.221. The van der Waals surface area contributed by atoms with Crippen LogP contribution in [-0.2, 0) is 0 Å². The number of amides is 2. The van der Waals surface area contributed by atoms with E-state index in [1.54, 1.807) is 4.90 Å². The summed E-state index contributed by atoms with van der Waals surface area (Å²) >= 11 is 0. The van der Waals surface area contributed by atoms with Gasteiger partial charge < -0.3 is 15.3 Å². The van der Waals surface area contributed by atoms with E-state index in [9.17, 15) is 9.90 Å². The van der Waals surface area contributed by atoms with Crippen LogP contribution in [0.25, 0.3) is 11.0 Å². The summed E-state index contributed by atoms with van der Waals surface area (Å²) in [6.45, 7) is 4.81. The number of aryl methyl sites for hydroxylation is 2. The number of hydrogen-bond acceptors (Lipinski definition) is 4. The zero-order valence-corrected chi connectivity index (χ0v) is 12.1. The number of likely N-dealkylation sites (tertiary alicyclic amines) is 1. The van der Waals surface area contributed by atoms with Crippen molar-refractivity contribution in [3.05, 3.63) is 29.6 Å². The Morgan fingerprint density at radius 2 is 2.00 bits per heavy atom. The molecule has 1 fully saturated rings. The van der Waals surface area contributed by atoms with Gasteiger partial charge in [-0.2, -0.15) is 0 Å². The van der Waals surface area contributed by atoms with E-state index in [0.29, 0.717) is 25.2 Å². The first-order valence-electron chi connectivity index (χ1n) is 7.02. The summed E-state index contributed by atoms with van der Waals surface area (Å²) in [6, 6.07) is 5.29. The molecule has 0 bridgehead atoms. The van der Waals surface area contributed by atoms with Gasteiger partial charge in [0.25, 0.3) is 0 Å². The minimum absolute atomic E-state index is 0.192. The fourth-order valence-corrected chi connectivity index (χ4v) is 2.44. The molecule has 1 aromatic carbocycles. The first-order chi connectivity index (χ1) is 10.0. The average Bonchev–Trinajstić information content (AvgIpc) is 2.87. The first-order valence-corrected chi connectivity index (χ1v) is 7.02. The fourth-order valence-electron chi connectivity index (χ4n) is 2.44.